The lowest BCUT2D eigenvalue weighted by atomic mass is 10.1. The Morgan fingerprint density at radius 1 is 1.58 bits per heavy atom. The summed E-state index contributed by atoms with van der Waals surface area (Å²) in [6.07, 6.45) is 0.764. The van der Waals surface area contributed by atoms with Crippen molar-refractivity contribution in [1.82, 2.24) is 0 Å². The van der Waals surface area contributed by atoms with Gasteiger partial charge in [0.15, 0.2) is 0 Å². The number of carbonyl (C=O) groups excluding carboxylic acids is 1. The van der Waals surface area contributed by atoms with Gasteiger partial charge in [-0.3, -0.25) is 4.79 Å². The second-order valence-corrected chi connectivity index (χ2v) is 2.53. The Hall–Kier alpha value is -1.38. The molecule has 1 aromatic carbocycles. The van der Waals surface area contributed by atoms with Gasteiger partial charge in [0, 0.05) is 0 Å². The first kappa shape index (κ1) is 8.71. The third-order valence-electron chi connectivity index (χ3n) is 1.70. The first-order chi connectivity index (χ1) is 5.65. The van der Waals surface area contributed by atoms with E-state index in [1.165, 1.54) is 12.1 Å². The highest BCUT2D eigenvalue weighted by atomic mass is 19.1. The molecule has 0 aliphatic rings. The van der Waals surface area contributed by atoms with Gasteiger partial charge in [-0.1, -0.05) is 13.0 Å². The summed E-state index contributed by atoms with van der Waals surface area (Å²) in [5.74, 6) is -1.28. The highest BCUT2D eigenvalue weighted by molar-refractivity contribution is 5.93. The molecule has 0 atom stereocenters. The molecule has 0 unspecified atom stereocenters. The van der Waals surface area contributed by atoms with Crippen molar-refractivity contribution in [3.05, 3.63) is 35.1 Å². The van der Waals surface area contributed by atoms with Crippen LogP contribution in [-0.2, 0) is 6.42 Å². The first-order valence-electron chi connectivity index (χ1n) is 3.73. The van der Waals surface area contributed by atoms with Gasteiger partial charge in [0.05, 0.1) is 5.56 Å². The average molecular weight is 167 g/mol. The van der Waals surface area contributed by atoms with Gasteiger partial charge in [-0.15, -0.1) is 0 Å². The minimum Gasteiger partial charge on any atom is -0.366 e. The number of halogens is 1. The monoisotopic (exact) mass is 167 g/mol. The minimum absolute atomic E-state index is 0.0330. The third-order valence-corrected chi connectivity index (χ3v) is 1.70. The van der Waals surface area contributed by atoms with Gasteiger partial charge < -0.3 is 5.73 Å². The molecular weight excluding hydrogens is 157 g/mol. The van der Waals surface area contributed by atoms with E-state index in [2.05, 4.69) is 0 Å². The molecule has 2 nitrogen and oxygen atoms in total. The Balaban J connectivity index is 3.17. The van der Waals surface area contributed by atoms with Gasteiger partial charge in [0.25, 0.3) is 5.91 Å². The number of benzene rings is 1. The smallest absolute Gasteiger partial charge is 0.251 e. The molecule has 0 fully saturated rings. The molecular formula is C9H10FNO. The van der Waals surface area contributed by atoms with E-state index < -0.39 is 11.7 Å². The maximum Gasteiger partial charge on any atom is 0.251 e. The van der Waals surface area contributed by atoms with Crippen LogP contribution in [0.4, 0.5) is 4.39 Å². The van der Waals surface area contributed by atoms with E-state index in [1.807, 2.05) is 6.92 Å². The molecule has 1 amide bonds. The summed E-state index contributed by atoms with van der Waals surface area (Å²) in [5.41, 5.74) is 5.83. The zero-order chi connectivity index (χ0) is 9.14. The van der Waals surface area contributed by atoms with Crippen LogP contribution < -0.4 is 5.73 Å². The van der Waals surface area contributed by atoms with Crippen molar-refractivity contribution >= 4 is 5.91 Å². The van der Waals surface area contributed by atoms with Gasteiger partial charge in [-0.05, 0) is 24.1 Å². The Morgan fingerprint density at radius 2 is 2.25 bits per heavy atom. The summed E-state index contributed by atoms with van der Waals surface area (Å²) in [6, 6.07) is 4.39. The van der Waals surface area contributed by atoms with Crippen LogP contribution in [0.15, 0.2) is 18.2 Å². The van der Waals surface area contributed by atoms with Crippen LogP contribution in [0.25, 0.3) is 0 Å². The van der Waals surface area contributed by atoms with E-state index >= 15 is 0 Å². The normalized spacial score (nSPS) is 9.83. The minimum atomic E-state index is -0.720. The van der Waals surface area contributed by atoms with Crippen molar-refractivity contribution in [2.24, 2.45) is 5.73 Å². The van der Waals surface area contributed by atoms with Crippen molar-refractivity contribution in [3.63, 3.8) is 0 Å². The fourth-order valence-corrected chi connectivity index (χ4v) is 0.981. The molecule has 0 aliphatic heterocycles. The molecule has 0 spiro atoms. The van der Waals surface area contributed by atoms with Crippen LogP contribution in [0.2, 0.25) is 0 Å². The second kappa shape index (κ2) is 3.34. The SMILES string of the molecule is CCc1ccc(F)c(C(N)=O)c1. The zero-order valence-electron chi connectivity index (χ0n) is 6.80. The van der Waals surface area contributed by atoms with Crippen molar-refractivity contribution in [1.29, 1.82) is 0 Å². The number of aryl methyl sites for hydroxylation is 1. The molecule has 1 rings (SSSR count). The van der Waals surface area contributed by atoms with Gasteiger partial charge in [0.2, 0.25) is 0 Å². The molecule has 12 heavy (non-hydrogen) atoms. The Bertz CT molecular complexity index is 309. The summed E-state index contributed by atoms with van der Waals surface area (Å²) in [7, 11) is 0. The number of amides is 1. The molecule has 0 bridgehead atoms. The van der Waals surface area contributed by atoms with Crippen molar-refractivity contribution in [3.8, 4) is 0 Å². The van der Waals surface area contributed by atoms with Crippen LogP contribution in [-0.4, -0.2) is 5.91 Å². The van der Waals surface area contributed by atoms with Crippen LogP contribution in [0.5, 0.6) is 0 Å². The van der Waals surface area contributed by atoms with Crippen LogP contribution in [0.1, 0.15) is 22.8 Å². The van der Waals surface area contributed by atoms with Gasteiger partial charge in [-0.2, -0.15) is 0 Å². The highest BCUT2D eigenvalue weighted by Crippen LogP contribution is 2.10. The lowest BCUT2D eigenvalue weighted by molar-refractivity contribution is 0.0996. The molecule has 1 aromatic rings. The molecule has 0 aliphatic carbocycles. The number of hydrogen-bond donors (Lipinski definition) is 1. The summed E-state index contributed by atoms with van der Waals surface area (Å²) in [6.45, 7) is 1.93. The van der Waals surface area contributed by atoms with Crippen LogP contribution in [0.3, 0.4) is 0 Å². The highest BCUT2D eigenvalue weighted by Gasteiger charge is 2.07. The van der Waals surface area contributed by atoms with E-state index in [9.17, 15) is 9.18 Å². The van der Waals surface area contributed by atoms with E-state index in [1.54, 1.807) is 6.07 Å². The largest absolute Gasteiger partial charge is 0.366 e. The summed E-state index contributed by atoms with van der Waals surface area (Å²) >= 11 is 0. The maximum atomic E-state index is 12.9. The number of nitrogens with two attached hydrogens (primary N) is 1. The average Bonchev–Trinajstić information content (AvgIpc) is 2.05. The van der Waals surface area contributed by atoms with Gasteiger partial charge in [0.1, 0.15) is 5.82 Å². The van der Waals surface area contributed by atoms with E-state index in [4.69, 9.17) is 5.73 Å². The lowest BCUT2D eigenvalue weighted by Gasteiger charge is -2.00. The quantitative estimate of drug-likeness (QED) is 0.712. The van der Waals surface area contributed by atoms with Crippen molar-refractivity contribution in [2.45, 2.75) is 13.3 Å². The fraction of sp³-hybridized carbons (Fsp3) is 0.222. The van der Waals surface area contributed by atoms with Crippen molar-refractivity contribution in [2.75, 3.05) is 0 Å². The van der Waals surface area contributed by atoms with Crippen molar-refractivity contribution < 1.29 is 9.18 Å². The number of primary amides is 1. The first-order valence-corrected chi connectivity index (χ1v) is 3.73. The lowest BCUT2D eigenvalue weighted by Crippen LogP contribution is -2.13. The zero-order valence-corrected chi connectivity index (χ0v) is 6.80. The van der Waals surface area contributed by atoms with Crippen LogP contribution >= 0.6 is 0 Å². The van der Waals surface area contributed by atoms with Gasteiger partial charge in [-0.25, -0.2) is 4.39 Å². The van der Waals surface area contributed by atoms with E-state index in [0.29, 0.717) is 0 Å². The molecule has 0 heterocycles. The second-order valence-electron chi connectivity index (χ2n) is 2.53. The Labute approximate surface area is 70.2 Å². The predicted molar refractivity (Wildman–Crippen MR) is 44.3 cm³/mol. The van der Waals surface area contributed by atoms with E-state index in [0.717, 1.165) is 12.0 Å². The fourth-order valence-electron chi connectivity index (χ4n) is 0.981. The molecule has 0 saturated carbocycles. The van der Waals surface area contributed by atoms with Gasteiger partial charge >= 0.3 is 0 Å². The molecule has 0 aromatic heterocycles. The Kier molecular flexibility index (Phi) is 2.43. The maximum absolute atomic E-state index is 12.9. The van der Waals surface area contributed by atoms with Crippen LogP contribution in [0, 0.1) is 5.82 Å². The standard InChI is InChI=1S/C9H10FNO/c1-2-6-3-4-8(10)7(5-6)9(11)12/h3-5H,2H2,1H3,(H2,11,12). The molecule has 64 valence electrons. The molecule has 2 N–H and O–H groups in total. The third kappa shape index (κ3) is 1.61. The number of carbonyl (C=O) groups is 1. The Morgan fingerprint density at radius 3 is 2.75 bits per heavy atom. The summed E-state index contributed by atoms with van der Waals surface area (Å²) in [5, 5.41) is 0. The molecule has 3 heteroatoms. The van der Waals surface area contributed by atoms with E-state index in [-0.39, 0.29) is 5.56 Å². The predicted octanol–water partition coefficient (Wildman–Crippen LogP) is 1.49. The molecule has 0 saturated heterocycles. The number of rotatable bonds is 2. The molecule has 0 radical (unpaired) electrons. The topological polar surface area (TPSA) is 43.1 Å². The summed E-state index contributed by atoms with van der Waals surface area (Å²) in [4.78, 5) is 10.7. The summed E-state index contributed by atoms with van der Waals surface area (Å²) < 4.78 is 12.9. The number of hydrogen-bond acceptors (Lipinski definition) is 1.